The van der Waals surface area contributed by atoms with Crippen molar-refractivity contribution in [1.29, 1.82) is 0 Å². The van der Waals surface area contributed by atoms with Gasteiger partial charge in [-0.15, -0.1) is 11.3 Å². The molecular weight excluding hydrogens is 292 g/mol. The van der Waals surface area contributed by atoms with Crippen LogP contribution >= 0.6 is 11.3 Å². The van der Waals surface area contributed by atoms with Crippen molar-refractivity contribution in [2.75, 3.05) is 6.61 Å². The summed E-state index contributed by atoms with van der Waals surface area (Å²) in [6, 6.07) is 15.2. The Kier molecular flexibility index (Phi) is 7.17. The van der Waals surface area contributed by atoms with Gasteiger partial charge in [-0.2, -0.15) is 0 Å². The van der Waals surface area contributed by atoms with E-state index < -0.39 is 0 Å². The van der Waals surface area contributed by atoms with Gasteiger partial charge in [-0.05, 0) is 56.2 Å². The van der Waals surface area contributed by atoms with Gasteiger partial charge in [0.25, 0.3) is 0 Å². The van der Waals surface area contributed by atoms with Crippen molar-refractivity contribution >= 4 is 17.3 Å². The average molecular weight is 316 g/mol. The molecule has 0 radical (unpaired) electrons. The Bertz CT molecular complexity index is 560. The van der Waals surface area contributed by atoms with Crippen molar-refractivity contribution in [2.24, 2.45) is 0 Å². The van der Waals surface area contributed by atoms with Crippen molar-refractivity contribution < 1.29 is 9.53 Å². The Morgan fingerprint density at radius 1 is 0.909 bits per heavy atom. The van der Waals surface area contributed by atoms with E-state index in [1.165, 1.54) is 28.7 Å². The third kappa shape index (κ3) is 6.44. The minimum absolute atomic E-state index is 0.183. The van der Waals surface area contributed by atoms with E-state index in [-0.39, 0.29) is 5.97 Å². The number of carbonyl (C=O) groups excluding carboxylic acids is 1. The molecule has 1 aromatic carbocycles. The molecule has 118 valence electrons. The highest BCUT2D eigenvalue weighted by Crippen LogP contribution is 2.20. The maximum absolute atomic E-state index is 10.7. The third-order valence-corrected chi connectivity index (χ3v) is 4.78. The van der Waals surface area contributed by atoms with Crippen molar-refractivity contribution in [3.05, 3.63) is 57.8 Å². The number of hydrogen-bond acceptors (Lipinski definition) is 3. The molecule has 22 heavy (non-hydrogen) atoms. The molecule has 1 aromatic heterocycles. The SMILES string of the molecule is CC(=O)OCCCCc1ccc(CCCc2ccccc2)s1. The minimum Gasteiger partial charge on any atom is -0.466 e. The number of carbonyl (C=O) groups is 1. The standard InChI is InChI=1S/C19H24O2S/c1-16(20)21-15-6-5-11-18-13-14-19(22-18)12-7-10-17-8-3-2-4-9-17/h2-4,8-9,13-14H,5-7,10-12,15H2,1H3. The summed E-state index contributed by atoms with van der Waals surface area (Å²) >= 11 is 1.92. The summed E-state index contributed by atoms with van der Waals surface area (Å²) < 4.78 is 4.94. The summed E-state index contributed by atoms with van der Waals surface area (Å²) in [6.07, 6.45) is 6.63. The molecule has 0 spiro atoms. The van der Waals surface area contributed by atoms with Gasteiger partial charge < -0.3 is 4.74 Å². The van der Waals surface area contributed by atoms with Crippen LogP contribution in [-0.4, -0.2) is 12.6 Å². The second kappa shape index (κ2) is 9.42. The van der Waals surface area contributed by atoms with E-state index in [9.17, 15) is 4.79 Å². The van der Waals surface area contributed by atoms with Gasteiger partial charge in [-0.3, -0.25) is 4.79 Å². The number of thiophene rings is 1. The number of hydrogen-bond donors (Lipinski definition) is 0. The molecule has 2 aromatic rings. The summed E-state index contributed by atoms with van der Waals surface area (Å²) in [6.45, 7) is 2.01. The number of rotatable bonds is 9. The molecule has 3 heteroatoms. The maximum Gasteiger partial charge on any atom is 0.302 e. The fourth-order valence-electron chi connectivity index (χ4n) is 2.42. The normalized spacial score (nSPS) is 10.6. The molecule has 0 aliphatic heterocycles. The van der Waals surface area contributed by atoms with E-state index in [1.54, 1.807) is 0 Å². The number of aryl methyl sites for hydroxylation is 3. The van der Waals surface area contributed by atoms with Gasteiger partial charge in [0.1, 0.15) is 0 Å². The molecule has 0 saturated carbocycles. The van der Waals surface area contributed by atoms with Crippen LogP contribution in [0.2, 0.25) is 0 Å². The Hall–Kier alpha value is -1.61. The molecule has 0 N–H and O–H groups in total. The Labute approximate surface area is 137 Å². The number of unbranched alkanes of at least 4 members (excludes halogenated alkanes) is 1. The van der Waals surface area contributed by atoms with Crippen LogP contribution in [0.15, 0.2) is 42.5 Å². The molecule has 2 nitrogen and oxygen atoms in total. The predicted octanol–water partition coefficient (Wildman–Crippen LogP) is 4.81. The molecule has 1 heterocycles. The van der Waals surface area contributed by atoms with Gasteiger partial charge in [0.05, 0.1) is 6.61 Å². The Morgan fingerprint density at radius 2 is 1.59 bits per heavy atom. The lowest BCUT2D eigenvalue weighted by Gasteiger charge is -2.01. The van der Waals surface area contributed by atoms with Crippen molar-refractivity contribution in [3.63, 3.8) is 0 Å². The molecule has 0 amide bonds. The van der Waals surface area contributed by atoms with Crippen LogP contribution < -0.4 is 0 Å². The molecule has 0 unspecified atom stereocenters. The van der Waals surface area contributed by atoms with Gasteiger partial charge >= 0.3 is 5.97 Å². The van der Waals surface area contributed by atoms with Gasteiger partial charge in [0, 0.05) is 16.7 Å². The zero-order valence-corrected chi connectivity index (χ0v) is 14.0. The first-order valence-electron chi connectivity index (χ1n) is 7.99. The van der Waals surface area contributed by atoms with Gasteiger partial charge in [-0.1, -0.05) is 30.3 Å². The number of ether oxygens (including phenoxy) is 1. The molecule has 0 aliphatic rings. The topological polar surface area (TPSA) is 26.3 Å². The third-order valence-electron chi connectivity index (χ3n) is 3.57. The van der Waals surface area contributed by atoms with Crippen LogP contribution in [0.25, 0.3) is 0 Å². The van der Waals surface area contributed by atoms with E-state index in [0.717, 1.165) is 32.1 Å². The molecule has 0 saturated heterocycles. The summed E-state index contributed by atoms with van der Waals surface area (Å²) in [7, 11) is 0. The Morgan fingerprint density at radius 3 is 2.27 bits per heavy atom. The molecule has 2 rings (SSSR count). The molecule has 0 bridgehead atoms. The van der Waals surface area contributed by atoms with E-state index in [4.69, 9.17) is 4.74 Å². The molecular formula is C19H24O2S. The van der Waals surface area contributed by atoms with E-state index in [2.05, 4.69) is 42.5 Å². The first-order valence-corrected chi connectivity index (χ1v) is 8.80. The van der Waals surface area contributed by atoms with Crippen LogP contribution in [0.1, 0.15) is 41.5 Å². The lowest BCUT2D eigenvalue weighted by molar-refractivity contribution is -0.141. The number of benzene rings is 1. The average Bonchev–Trinajstić information content (AvgIpc) is 2.95. The second-order valence-electron chi connectivity index (χ2n) is 5.50. The van der Waals surface area contributed by atoms with Gasteiger partial charge in [-0.25, -0.2) is 0 Å². The van der Waals surface area contributed by atoms with Gasteiger partial charge in [0.15, 0.2) is 0 Å². The van der Waals surface area contributed by atoms with Crippen LogP contribution in [0, 0.1) is 0 Å². The summed E-state index contributed by atoms with van der Waals surface area (Å²) in [5.41, 5.74) is 1.42. The molecule has 0 aliphatic carbocycles. The highest BCUT2D eigenvalue weighted by Gasteiger charge is 2.02. The quantitative estimate of drug-likeness (QED) is 0.490. The zero-order chi connectivity index (χ0) is 15.6. The lowest BCUT2D eigenvalue weighted by atomic mass is 10.1. The first kappa shape index (κ1) is 16.8. The number of esters is 1. The summed E-state index contributed by atoms with van der Waals surface area (Å²) in [5, 5.41) is 0. The summed E-state index contributed by atoms with van der Waals surface area (Å²) in [4.78, 5) is 13.6. The van der Waals surface area contributed by atoms with Crippen molar-refractivity contribution in [1.82, 2.24) is 0 Å². The van der Waals surface area contributed by atoms with Crippen molar-refractivity contribution in [2.45, 2.75) is 45.4 Å². The van der Waals surface area contributed by atoms with Crippen LogP contribution in [0.3, 0.4) is 0 Å². The predicted molar refractivity (Wildman–Crippen MR) is 92.4 cm³/mol. The fraction of sp³-hybridized carbons (Fsp3) is 0.421. The maximum atomic E-state index is 10.7. The monoisotopic (exact) mass is 316 g/mol. The smallest absolute Gasteiger partial charge is 0.302 e. The van der Waals surface area contributed by atoms with Crippen LogP contribution in [0.4, 0.5) is 0 Å². The van der Waals surface area contributed by atoms with E-state index >= 15 is 0 Å². The minimum atomic E-state index is -0.183. The van der Waals surface area contributed by atoms with E-state index in [1.807, 2.05) is 11.3 Å². The molecule has 0 fully saturated rings. The zero-order valence-electron chi connectivity index (χ0n) is 13.2. The highest BCUT2D eigenvalue weighted by atomic mass is 32.1. The van der Waals surface area contributed by atoms with E-state index in [0.29, 0.717) is 6.61 Å². The summed E-state index contributed by atoms with van der Waals surface area (Å²) in [5.74, 6) is -0.183. The lowest BCUT2D eigenvalue weighted by Crippen LogP contribution is -2.00. The van der Waals surface area contributed by atoms with Gasteiger partial charge in [0.2, 0.25) is 0 Å². The highest BCUT2D eigenvalue weighted by molar-refractivity contribution is 7.11. The van der Waals surface area contributed by atoms with Crippen LogP contribution in [-0.2, 0) is 28.8 Å². The Balaban J connectivity index is 1.63. The fourth-order valence-corrected chi connectivity index (χ4v) is 3.52. The largest absolute Gasteiger partial charge is 0.466 e. The van der Waals surface area contributed by atoms with Crippen molar-refractivity contribution in [3.8, 4) is 0 Å². The second-order valence-corrected chi connectivity index (χ2v) is 6.76. The molecule has 0 atom stereocenters. The van der Waals surface area contributed by atoms with Crippen LogP contribution in [0.5, 0.6) is 0 Å². The first-order chi connectivity index (χ1) is 10.7.